The lowest BCUT2D eigenvalue weighted by molar-refractivity contribution is 0.256. The molecule has 2 nitrogen and oxygen atoms in total. The first kappa shape index (κ1) is 6.69. The van der Waals surface area contributed by atoms with E-state index >= 15 is 0 Å². The molecule has 9 heavy (non-hydrogen) atoms. The van der Waals surface area contributed by atoms with Gasteiger partial charge in [0.1, 0.15) is 0 Å². The van der Waals surface area contributed by atoms with Gasteiger partial charge in [0.25, 0.3) is 0 Å². The first-order valence-electron chi connectivity index (χ1n) is 2.63. The molecular weight excluding hydrogens is 133 g/mol. The number of hydrogen-bond acceptors (Lipinski definition) is 2. The van der Waals surface area contributed by atoms with E-state index in [-0.39, 0.29) is 0 Å². The van der Waals surface area contributed by atoms with Crippen LogP contribution in [0.5, 0.6) is 0 Å². The third-order valence-electron chi connectivity index (χ3n) is 0.974. The second-order valence-corrected chi connectivity index (χ2v) is 2.65. The highest BCUT2D eigenvalue weighted by Crippen LogP contribution is 2.00. The lowest BCUT2D eigenvalue weighted by atomic mass is 10.4. The highest BCUT2D eigenvalue weighted by molar-refractivity contribution is 7.44. The van der Waals surface area contributed by atoms with Crippen molar-refractivity contribution in [3.63, 3.8) is 0 Å². The van der Waals surface area contributed by atoms with Gasteiger partial charge in [0.2, 0.25) is 0 Å². The van der Waals surface area contributed by atoms with Crippen LogP contribution in [0.2, 0.25) is 0 Å². The monoisotopic (exact) mass is 141 g/mol. The molecule has 0 aromatic heterocycles. The van der Waals surface area contributed by atoms with Crippen molar-refractivity contribution in [1.29, 1.82) is 0 Å². The molecule has 1 atom stereocenters. The molecule has 0 spiro atoms. The van der Waals surface area contributed by atoms with Crippen LogP contribution in [0.25, 0.3) is 0 Å². The van der Waals surface area contributed by atoms with Crippen LogP contribution >= 0.6 is 8.73 Å². The first-order valence-corrected chi connectivity index (χ1v) is 3.63. The predicted octanol–water partition coefficient (Wildman–Crippen LogP) is 0.884. The first-order chi connectivity index (χ1) is 4.43. The highest BCUT2D eigenvalue weighted by atomic mass is 31.1. The van der Waals surface area contributed by atoms with E-state index < -0.39 is 0 Å². The van der Waals surface area contributed by atoms with Gasteiger partial charge in [-0.2, -0.15) is 5.25 Å². The van der Waals surface area contributed by atoms with E-state index in [1.54, 1.807) is 0 Å². The van der Waals surface area contributed by atoms with Gasteiger partial charge in [-0.15, -0.1) is 0 Å². The molecule has 1 aromatic carbocycles. The number of rotatable bonds is 2. The Bertz CT molecular complexity index is 166. The third-order valence-corrected chi connectivity index (χ3v) is 1.71. The number of nitrogens with one attached hydrogen (secondary N) is 1. The summed E-state index contributed by atoms with van der Waals surface area (Å²) in [4.78, 5) is 0. The fourth-order valence-electron chi connectivity index (χ4n) is 0.586. The SMILES string of the molecule is ONPc1ccccc1. The highest BCUT2D eigenvalue weighted by Gasteiger charge is 1.84. The molecule has 0 radical (unpaired) electrons. The van der Waals surface area contributed by atoms with Crippen molar-refractivity contribution in [3.05, 3.63) is 30.3 Å². The molecule has 1 rings (SSSR count). The Hall–Kier alpha value is -0.430. The molecule has 0 heterocycles. The van der Waals surface area contributed by atoms with Gasteiger partial charge in [0.15, 0.2) is 0 Å². The Morgan fingerprint density at radius 1 is 1.22 bits per heavy atom. The van der Waals surface area contributed by atoms with Crippen LogP contribution in [0.4, 0.5) is 0 Å². The van der Waals surface area contributed by atoms with Crippen molar-refractivity contribution < 1.29 is 5.21 Å². The van der Waals surface area contributed by atoms with Crippen molar-refractivity contribution in [2.75, 3.05) is 0 Å². The van der Waals surface area contributed by atoms with Crippen LogP contribution in [0.1, 0.15) is 0 Å². The second-order valence-electron chi connectivity index (χ2n) is 1.60. The molecule has 0 bridgehead atoms. The van der Waals surface area contributed by atoms with Crippen molar-refractivity contribution in [3.8, 4) is 0 Å². The Balaban J connectivity index is 2.61. The Kier molecular flexibility index (Phi) is 2.65. The summed E-state index contributed by atoms with van der Waals surface area (Å²) >= 11 is 0. The van der Waals surface area contributed by atoms with Crippen LogP contribution in [0.3, 0.4) is 0 Å². The van der Waals surface area contributed by atoms with E-state index in [9.17, 15) is 0 Å². The predicted molar refractivity (Wildman–Crippen MR) is 39.3 cm³/mol. The summed E-state index contributed by atoms with van der Waals surface area (Å²) in [6, 6.07) is 9.76. The van der Waals surface area contributed by atoms with Crippen molar-refractivity contribution >= 4 is 14.0 Å². The van der Waals surface area contributed by atoms with Crippen molar-refractivity contribution in [2.24, 2.45) is 0 Å². The molecule has 0 aliphatic rings. The summed E-state index contributed by atoms with van der Waals surface area (Å²) in [6.07, 6.45) is 0. The van der Waals surface area contributed by atoms with Gasteiger partial charge in [-0.25, -0.2) is 0 Å². The van der Waals surface area contributed by atoms with E-state index in [0.717, 1.165) is 5.30 Å². The molecule has 0 saturated heterocycles. The molecule has 0 saturated carbocycles. The number of benzene rings is 1. The lowest BCUT2D eigenvalue weighted by Gasteiger charge is -1.94. The quantitative estimate of drug-likeness (QED) is 0.473. The zero-order valence-electron chi connectivity index (χ0n) is 4.83. The minimum Gasteiger partial charge on any atom is -0.313 e. The molecule has 48 valence electrons. The summed E-state index contributed by atoms with van der Waals surface area (Å²) in [7, 11) is 0.293. The molecule has 0 aliphatic heterocycles. The Labute approximate surface area is 55.7 Å². The summed E-state index contributed by atoms with van der Waals surface area (Å²) < 4.78 is 0. The Morgan fingerprint density at radius 2 is 1.89 bits per heavy atom. The molecule has 1 unspecified atom stereocenters. The number of hydrogen-bond donors (Lipinski definition) is 2. The maximum atomic E-state index is 8.28. The zero-order valence-corrected chi connectivity index (χ0v) is 5.83. The van der Waals surface area contributed by atoms with Crippen molar-refractivity contribution in [2.45, 2.75) is 0 Å². The van der Waals surface area contributed by atoms with E-state index in [1.807, 2.05) is 30.3 Å². The average molecular weight is 141 g/mol. The third kappa shape index (κ3) is 2.10. The minimum absolute atomic E-state index is 0.293. The van der Waals surface area contributed by atoms with Crippen LogP contribution in [0, 0.1) is 0 Å². The van der Waals surface area contributed by atoms with E-state index in [4.69, 9.17) is 5.21 Å². The smallest absolute Gasteiger partial charge is 0.00625 e. The van der Waals surface area contributed by atoms with Gasteiger partial charge >= 0.3 is 0 Å². The van der Waals surface area contributed by atoms with Gasteiger partial charge in [0, 0.05) is 8.73 Å². The maximum absolute atomic E-state index is 8.28. The summed E-state index contributed by atoms with van der Waals surface area (Å²) in [5, 5.41) is 11.5. The van der Waals surface area contributed by atoms with Gasteiger partial charge in [-0.3, -0.25) is 0 Å². The largest absolute Gasteiger partial charge is 0.313 e. The topological polar surface area (TPSA) is 32.3 Å². The van der Waals surface area contributed by atoms with E-state index in [2.05, 4.69) is 5.25 Å². The molecule has 0 fully saturated rings. The van der Waals surface area contributed by atoms with Crippen LogP contribution in [-0.2, 0) is 0 Å². The van der Waals surface area contributed by atoms with Crippen LogP contribution < -0.4 is 10.6 Å². The molecule has 0 aliphatic carbocycles. The molecular formula is C6H8NOP. The van der Waals surface area contributed by atoms with E-state index in [1.165, 1.54) is 0 Å². The maximum Gasteiger partial charge on any atom is 0.00625 e. The van der Waals surface area contributed by atoms with E-state index in [0.29, 0.717) is 8.73 Å². The normalized spacial score (nSPS) is 10.8. The zero-order chi connectivity index (χ0) is 6.53. The molecule has 2 N–H and O–H groups in total. The van der Waals surface area contributed by atoms with Crippen molar-refractivity contribution in [1.82, 2.24) is 5.25 Å². The summed E-state index contributed by atoms with van der Waals surface area (Å²) in [5.41, 5.74) is 0. The van der Waals surface area contributed by atoms with Gasteiger partial charge in [-0.1, -0.05) is 30.3 Å². The molecule has 3 heteroatoms. The fourth-order valence-corrected chi connectivity index (χ4v) is 1.07. The second kappa shape index (κ2) is 3.57. The standard InChI is InChI=1S/C6H8NOP/c8-7-9-6-4-2-1-3-5-6/h1-5,7-9H. The Morgan fingerprint density at radius 3 is 2.44 bits per heavy atom. The average Bonchev–Trinajstić information content (AvgIpc) is 1.91. The molecule has 1 aromatic rings. The summed E-state index contributed by atoms with van der Waals surface area (Å²) in [5.74, 6) is 0. The van der Waals surface area contributed by atoms with Gasteiger partial charge in [0.05, 0.1) is 0 Å². The van der Waals surface area contributed by atoms with Crippen LogP contribution in [0.15, 0.2) is 30.3 Å². The van der Waals surface area contributed by atoms with Gasteiger partial charge in [-0.05, 0) is 5.30 Å². The molecule has 0 amide bonds. The summed E-state index contributed by atoms with van der Waals surface area (Å²) in [6.45, 7) is 0. The lowest BCUT2D eigenvalue weighted by Crippen LogP contribution is -2.00. The van der Waals surface area contributed by atoms with Gasteiger partial charge < -0.3 is 5.21 Å². The fraction of sp³-hybridized carbons (Fsp3) is 0. The minimum atomic E-state index is 0.293. The van der Waals surface area contributed by atoms with Crippen LogP contribution in [-0.4, -0.2) is 5.21 Å².